The molecule has 0 saturated carbocycles. The monoisotopic (exact) mass is 208 g/mol. The lowest BCUT2D eigenvalue weighted by Gasteiger charge is -2.01. The van der Waals surface area contributed by atoms with Crippen LogP contribution in [0.25, 0.3) is 0 Å². The molecule has 0 aliphatic heterocycles. The normalized spacial score (nSPS) is 9.21. The Morgan fingerprint density at radius 1 is 1.50 bits per heavy atom. The summed E-state index contributed by atoms with van der Waals surface area (Å²) in [5.74, 6) is -0.935. The van der Waals surface area contributed by atoms with Crippen molar-refractivity contribution in [2.75, 3.05) is 19.8 Å². The van der Waals surface area contributed by atoms with E-state index < -0.39 is 12.3 Å². The van der Waals surface area contributed by atoms with E-state index in [-0.39, 0.29) is 25.4 Å². The molecule has 0 rings (SSSR count). The minimum Gasteiger partial charge on any atom is -0.478 e. The average Bonchev–Trinajstić information content (AvgIpc) is 2.05. The van der Waals surface area contributed by atoms with Crippen LogP contribution < -0.4 is 0 Å². The fourth-order valence-corrected chi connectivity index (χ4v) is 0.253. The van der Waals surface area contributed by atoms with E-state index in [9.17, 15) is 4.79 Å². The summed E-state index contributed by atoms with van der Waals surface area (Å²) < 4.78 is 4.49. The van der Waals surface area contributed by atoms with Gasteiger partial charge in [-0.15, -0.1) is 0 Å². The minimum atomic E-state index is -1.43. The van der Waals surface area contributed by atoms with Crippen molar-refractivity contribution in [3.8, 4) is 0 Å². The molecule has 0 amide bonds. The lowest BCUT2D eigenvalue weighted by molar-refractivity contribution is -0.132. The van der Waals surface area contributed by atoms with Crippen molar-refractivity contribution in [3.05, 3.63) is 12.2 Å². The Hall–Kier alpha value is -0.950. The Morgan fingerprint density at radius 3 is 2.14 bits per heavy atom. The van der Waals surface area contributed by atoms with Crippen molar-refractivity contribution in [2.24, 2.45) is 0 Å². The zero-order valence-corrected chi connectivity index (χ0v) is 8.01. The summed E-state index contributed by atoms with van der Waals surface area (Å²) in [6.45, 7) is 4.52. The molecule has 0 fully saturated rings. The molecule has 0 spiro atoms. The predicted molar refractivity (Wildman–Crippen MR) is 48.6 cm³/mol. The van der Waals surface area contributed by atoms with Crippen molar-refractivity contribution >= 4 is 5.97 Å². The quantitative estimate of drug-likeness (QED) is 0.261. The van der Waals surface area contributed by atoms with E-state index in [1.54, 1.807) is 0 Å². The first-order chi connectivity index (χ1) is 6.41. The molecule has 0 aromatic carbocycles. The summed E-state index contributed by atoms with van der Waals surface area (Å²) >= 11 is 0. The number of aliphatic hydroxyl groups is 3. The van der Waals surface area contributed by atoms with Crippen LogP contribution in [0, 0.1) is 0 Å². The number of rotatable bonds is 5. The number of carbonyl (C=O) groups is 1. The second kappa shape index (κ2) is 10.1. The Balaban J connectivity index is 0. The average molecular weight is 208 g/mol. The molecule has 6 heteroatoms. The van der Waals surface area contributed by atoms with E-state index in [1.165, 1.54) is 6.92 Å². The minimum absolute atomic E-state index is 0.0906. The van der Waals surface area contributed by atoms with Gasteiger partial charge in [-0.2, -0.15) is 0 Å². The maximum Gasteiger partial charge on any atom is 0.330 e. The summed E-state index contributed by atoms with van der Waals surface area (Å²) in [7, 11) is 0. The third kappa shape index (κ3) is 17.2. The van der Waals surface area contributed by atoms with Gasteiger partial charge in [0.1, 0.15) is 0 Å². The zero-order valence-electron chi connectivity index (χ0n) is 8.01. The van der Waals surface area contributed by atoms with Crippen LogP contribution in [0.3, 0.4) is 0 Å². The van der Waals surface area contributed by atoms with Crippen molar-refractivity contribution in [2.45, 2.75) is 13.2 Å². The van der Waals surface area contributed by atoms with Crippen LogP contribution in [0.4, 0.5) is 0 Å². The van der Waals surface area contributed by atoms with Gasteiger partial charge >= 0.3 is 5.97 Å². The van der Waals surface area contributed by atoms with Crippen LogP contribution in [-0.4, -0.2) is 52.5 Å². The molecular formula is C8H16O6. The smallest absolute Gasteiger partial charge is 0.330 e. The molecule has 0 atom stereocenters. The van der Waals surface area contributed by atoms with Gasteiger partial charge in [-0.05, 0) is 6.92 Å². The summed E-state index contributed by atoms with van der Waals surface area (Å²) in [5, 5.41) is 32.2. The van der Waals surface area contributed by atoms with Crippen LogP contribution in [0.15, 0.2) is 12.2 Å². The van der Waals surface area contributed by atoms with Crippen LogP contribution in [-0.2, 0) is 9.53 Å². The lowest BCUT2D eigenvalue weighted by atomic mass is 10.4. The highest BCUT2D eigenvalue weighted by atomic mass is 16.5. The van der Waals surface area contributed by atoms with Gasteiger partial charge in [0, 0.05) is 5.57 Å². The molecule has 4 N–H and O–H groups in total. The highest BCUT2D eigenvalue weighted by Gasteiger charge is 1.93. The number of carboxylic acids is 1. The topological polar surface area (TPSA) is 107 Å². The van der Waals surface area contributed by atoms with Gasteiger partial charge in [0.25, 0.3) is 0 Å². The predicted octanol–water partition coefficient (Wildman–Crippen LogP) is -1.05. The highest BCUT2D eigenvalue weighted by Crippen LogP contribution is 1.81. The molecular weight excluding hydrogens is 192 g/mol. The number of aliphatic carboxylic acids is 1. The third-order valence-electron chi connectivity index (χ3n) is 0.868. The molecule has 0 radical (unpaired) electrons. The first-order valence-electron chi connectivity index (χ1n) is 3.85. The molecule has 0 heterocycles. The summed E-state index contributed by atoms with van der Waals surface area (Å²) in [6, 6.07) is 0. The van der Waals surface area contributed by atoms with Gasteiger partial charge in [0.15, 0.2) is 6.29 Å². The third-order valence-corrected chi connectivity index (χ3v) is 0.868. The van der Waals surface area contributed by atoms with Gasteiger partial charge < -0.3 is 25.2 Å². The summed E-state index contributed by atoms with van der Waals surface area (Å²) in [4.78, 5) is 9.60. The molecule has 0 aliphatic rings. The van der Waals surface area contributed by atoms with Crippen LogP contribution >= 0.6 is 0 Å². The standard InChI is InChI=1S/C4H10O4.C4H6O2/c5-1-2-8-3-4(6)7;1-3(2)4(5)6/h4-7H,1-3H2;1H2,2H3,(H,5,6). The first-order valence-corrected chi connectivity index (χ1v) is 3.85. The Kier molecular flexibility index (Phi) is 11.2. The molecule has 0 aromatic rings. The molecule has 0 aromatic heterocycles. The molecule has 0 bridgehead atoms. The Bertz CT molecular complexity index is 153. The molecule has 0 aliphatic carbocycles. The highest BCUT2D eigenvalue weighted by molar-refractivity contribution is 5.84. The van der Waals surface area contributed by atoms with Gasteiger partial charge in [-0.1, -0.05) is 6.58 Å². The van der Waals surface area contributed by atoms with E-state index in [4.69, 9.17) is 20.4 Å². The van der Waals surface area contributed by atoms with Gasteiger partial charge in [-0.3, -0.25) is 0 Å². The second-order valence-corrected chi connectivity index (χ2v) is 2.36. The number of ether oxygens (including phenoxy) is 1. The summed E-state index contributed by atoms with van der Waals surface area (Å²) in [6.07, 6.45) is -1.43. The van der Waals surface area contributed by atoms with Gasteiger partial charge in [0.2, 0.25) is 0 Å². The zero-order chi connectivity index (χ0) is 11.6. The van der Waals surface area contributed by atoms with Crippen LogP contribution in [0.1, 0.15) is 6.92 Å². The van der Waals surface area contributed by atoms with Crippen molar-refractivity contribution in [1.29, 1.82) is 0 Å². The largest absolute Gasteiger partial charge is 0.478 e. The van der Waals surface area contributed by atoms with Crippen LogP contribution in [0.2, 0.25) is 0 Å². The van der Waals surface area contributed by atoms with Crippen molar-refractivity contribution < 1.29 is 30.0 Å². The Labute approximate surface area is 82.1 Å². The Morgan fingerprint density at radius 2 is 1.93 bits per heavy atom. The molecule has 0 saturated heterocycles. The van der Waals surface area contributed by atoms with Crippen LogP contribution in [0.5, 0.6) is 0 Å². The second-order valence-electron chi connectivity index (χ2n) is 2.36. The SMILES string of the molecule is C=C(C)C(=O)O.OCCOCC(O)O. The van der Waals surface area contributed by atoms with E-state index in [0.29, 0.717) is 0 Å². The number of carboxylic acid groups (broad SMARTS) is 1. The van der Waals surface area contributed by atoms with E-state index >= 15 is 0 Å². The van der Waals surface area contributed by atoms with E-state index in [0.717, 1.165) is 0 Å². The fourth-order valence-electron chi connectivity index (χ4n) is 0.253. The fraction of sp³-hybridized carbons (Fsp3) is 0.625. The first kappa shape index (κ1) is 15.5. The summed E-state index contributed by atoms with van der Waals surface area (Å²) in [5.41, 5.74) is 0.176. The number of aliphatic hydroxyl groups excluding tert-OH is 2. The van der Waals surface area contributed by atoms with E-state index in [2.05, 4.69) is 11.3 Å². The van der Waals surface area contributed by atoms with Crippen molar-refractivity contribution in [1.82, 2.24) is 0 Å². The van der Waals surface area contributed by atoms with E-state index in [1.807, 2.05) is 0 Å². The number of hydrogen-bond acceptors (Lipinski definition) is 5. The van der Waals surface area contributed by atoms with Crippen molar-refractivity contribution in [3.63, 3.8) is 0 Å². The molecule has 14 heavy (non-hydrogen) atoms. The maximum atomic E-state index is 9.60. The van der Waals surface area contributed by atoms with Gasteiger partial charge in [0.05, 0.1) is 19.8 Å². The molecule has 6 nitrogen and oxygen atoms in total. The molecule has 0 unspecified atom stereocenters. The maximum absolute atomic E-state index is 9.60. The van der Waals surface area contributed by atoms with Gasteiger partial charge in [-0.25, -0.2) is 4.79 Å². The molecule has 84 valence electrons. The lowest BCUT2D eigenvalue weighted by Crippen LogP contribution is -2.15. The number of hydrogen-bond donors (Lipinski definition) is 4.